The fraction of sp³-hybridized carbons (Fsp3) is 0.500. The Morgan fingerprint density at radius 2 is 2.00 bits per heavy atom. The first kappa shape index (κ1) is 15.8. The summed E-state index contributed by atoms with van der Waals surface area (Å²) >= 11 is 0. The maximum absolute atomic E-state index is 12.6. The summed E-state index contributed by atoms with van der Waals surface area (Å²) in [5, 5.41) is 11.8. The van der Waals surface area contributed by atoms with Crippen LogP contribution in [-0.2, 0) is 11.0 Å². The monoisotopic (exact) mass is 302 g/mol. The number of nitrogens with one attached hydrogen (secondary N) is 1. The quantitative estimate of drug-likeness (QED) is 0.899. The lowest BCUT2D eigenvalue weighted by molar-refractivity contribution is -0.137. The molecule has 4 nitrogen and oxygen atoms in total. The van der Waals surface area contributed by atoms with Gasteiger partial charge in [0, 0.05) is 18.8 Å². The molecular weight excluding hydrogens is 285 g/mol. The zero-order valence-electron chi connectivity index (χ0n) is 11.4. The van der Waals surface area contributed by atoms with Crippen molar-refractivity contribution >= 4 is 11.6 Å². The summed E-state index contributed by atoms with van der Waals surface area (Å²) in [5.74, 6) is -0.356. The van der Waals surface area contributed by atoms with Crippen molar-refractivity contribution in [1.29, 1.82) is 0 Å². The number of alkyl halides is 3. The van der Waals surface area contributed by atoms with Gasteiger partial charge >= 0.3 is 6.18 Å². The molecule has 0 unspecified atom stereocenters. The number of likely N-dealkylation sites (tertiary alicyclic amines) is 1. The highest BCUT2D eigenvalue weighted by Gasteiger charge is 2.30. The summed E-state index contributed by atoms with van der Waals surface area (Å²) in [6.45, 7) is 1.33. The van der Waals surface area contributed by atoms with Crippen LogP contribution in [-0.4, -0.2) is 41.7 Å². The minimum Gasteiger partial charge on any atom is -0.393 e. The second-order valence-corrected chi connectivity index (χ2v) is 5.13. The first-order chi connectivity index (χ1) is 9.84. The number of hydrogen-bond donors (Lipinski definition) is 2. The highest BCUT2D eigenvalue weighted by molar-refractivity contribution is 5.92. The summed E-state index contributed by atoms with van der Waals surface area (Å²) in [7, 11) is 0. The third kappa shape index (κ3) is 4.71. The Morgan fingerprint density at radius 1 is 1.33 bits per heavy atom. The van der Waals surface area contributed by atoms with Gasteiger partial charge < -0.3 is 10.4 Å². The molecule has 1 aliphatic rings. The molecule has 1 aliphatic heterocycles. The van der Waals surface area contributed by atoms with Crippen molar-refractivity contribution in [3.05, 3.63) is 29.8 Å². The molecular formula is C14H17F3N2O2. The number of aliphatic hydroxyl groups excluding tert-OH is 1. The average molecular weight is 302 g/mol. The number of aliphatic hydroxyl groups is 1. The molecule has 2 rings (SSSR count). The van der Waals surface area contributed by atoms with E-state index in [9.17, 15) is 23.1 Å². The third-order valence-electron chi connectivity index (χ3n) is 3.40. The molecule has 0 aliphatic carbocycles. The van der Waals surface area contributed by atoms with Crippen LogP contribution in [0.15, 0.2) is 24.3 Å². The van der Waals surface area contributed by atoms with Gasteiger partial charge in [-0.1, -0.05) is 6.07 Å². The first-order valence-corrected chi connectivity index (χ1v) is 6.72. The largest absolute Gasteiger partial charge is 0.416 e. The smallest absolute Gasteiger partial charge is 0.393 e. The molecule has 1 amide bonds. The second kappa shape index (κ2) is 6.44. The molecule has 0 bridgehead atoms. The normalized spacial score (nSPS) is 17.7. The van der Waals surface area contributed by atoms with Crippen molar-refractivity contribution in [2.75, 3.05) is 25.0 Å². The number of carbonyl (C=O) groups is 1. The van der Waals surface area contributed by atoms with E-state index < -0.39 is 11.7 Å². The minimum atomic E-state index is -4.43. The zero-order valence-corrected chi connectivity index (χ0v) is 11.4. The molecule has 0 aromatic heterocycles. The summed E-state index contributed by atoms with van der Waals surface area (Å²) in [4.78, 5) is 13.7. The van der Waals surface area contributed by atoms with E-state index in [-0.39, 0.29) is 24.2 Å². The number of benzene rings is 1. The predicted octanol–water partition coefficient (Wildman–Crippen LogP) is 2.10. The van der Waals surface area contributed by atoms with E-state index in [0.717, 1.165) is 12.1 Å². The van der Waals surface area contributed by atoms with Gasteiger partial charge in [0.2, 0.25) is 5.91 Å². The van der Waals surface area contributed by atoms with Gasteiger partial charge in [-0.25, -0.2) is 0 Å². The molecule has 1 saturated heterocycles. The number of rotatable bonds is 3. The maximum Gasteiger partial charge on any atom is 0.416 e. The standard InChI is InChI=1S/C14H17F3N2O2/c15-14(16,17)10-2-1-3-11(8-10)18-13(21)9-19-6-4-12(20)5-7-19/h1-3,8,12,20H,4-7,9H2,(H,18,21). The molecule has 1 heterocycles. The average Bonchev–Trinajstić information content (AvgIpc) is 2.41. The van der Waals surface area contributed by atoms with Gasteiger partial charge in [-0.3, -0.25) is 9.69 Å². The van der Waals surface area contributed by atoms with Crippen LogP contribution in [0.25, 0.3) is 0 Å². The van der Waals surface area contributed by atoms with Gasteiger partial charge in [0.25, 0.3) is 0 Å². The lowest BCUT2D eigenvalue weighted by atomic mass is 10.1. The molecule has 21 heavy (non-hydrogen) atoms. The molecule has 0 atom stereocenters. The third-order valence-corrected chi connectivity index (χ3v) is 3.40. The number of nitrogens with zero attached hydrogens (tertiary/aromatic N) is 1. The SMILES string of the molecule is O=C(CN1CCC(O)CC1)Nc1cccc(C(F)(F)F)c1. The van der Waals surface area contributed by atoms with E-state index >= 15 is 0 Å². The Balaban J connectivity index is 1.91. The molecule has 7 heteroatoms. The van der Waals surface area contributed by atoms with Gasteiger partial charge in [-0.2, -0.15) is 13.2 Å². The number of hydrogen-bond acceptors (Lipinski definition) is 3. The minimum absolute atomic E-state index is 0.114. The molecule has 0 spiro atoms. The summed E-state index contributed by atoms with van der Waals surface area (Å²) in [6, 6.07) is 4.56. The van der Waals surface area contributed by atoms with E-state index in [1.54, 1.807) is 0 Å². The van der Waals surface area contributed by atoms with Crippen LogP contribution >= 0.6 is 0 Å². The molecule has 1 aromatic rings. The summed E-state index contributed by atoms with van der Waals surface area (Å²) in [5.41, 5.74) is -0.659. The Bertz CT molecular complexity index is 497. The van der Waals surface area contributed by atoms with Crippen LogP contribution in [0.4, 0.5) is 18.9 Å². The Morgan fingerprint density at radius 3 is 2.62 bits per heavy atom. The van der Waals surface area contributed by atoms with Crippen molar-refractivity contribution in [2.24, 2.45) is 0 Å². The van der Waals surface area contributed by atoms with E-state index in [0.29, 0.717) is 25.9 Å². The van der Waals surface area contributed by atoms with Crippen LogP contribution < -0.4 is 5.32 Å². The van der Waals surface area contributed by atoms with Gasteiger partial charge in [-0.15, -0.1) is 0 Å². The number of carbonyl (C=O) groups excluding carboxylic acids is 1. The van der Waals surface area contributed by atoms with Crippen LogP contribution in [0.2, 0.25) is 0 Å². The Hall–Kier alpha value is -1.60. The summed E-state index contributed by atoms with van der Waals surface area (Å²) < 4.78 is 37.7. The van der Waals surface area contributed by atoms with Crippen molar-refractivity contribution in [2.45, 2.75) is 25.1 Å². The van der Waals surface area contributed by atoms with Gasteiger partial charge in [-0.05, 0) is 31.0 Å². The van der Waals surface area contributed by atoms with Crippen molar-refractivity contribution in [3.63, 3.8) is 0 Å². The fourth-order valence-electron chi connectivity index (χ4n) is 2.25. The zero-order chi connectivity index (χ0) is 15.5. The van der Waals surface area contributed by atoms with E-state index in [2.05, 4.69) is 5.32 Å². The van der Waals surface area contributed by atoms with Crippen molar-refractivity contribution < 1.29 is 23.1 Å². The fourth-order valence-corrected chi connectivity index (χ4v) is 2.25. The molecule has 2 N–H and O–H groups in total. The topological polar surface area (TPSA) is 52.6 Å². The molecule has 116 valence electrons. The van der Waals surface area contributed by atoms with Crippen LogP contribution in [0.5, 0.6) is 0 Å². The van der Waals surface area contributed by atoms with Gasteiger partial charge in [0.15, 0.2) is 0 Å². The van der Waals surface area contributed by atoms with E-state index in [1.807, 2.05) is 4.90 Å². The molecule has 0 radical (unpaired) electrons. The summed E-state index contributed by atoms with van der Waals surface area (Å²) in [6.07, 6.45) is -3.54. The van der Waals surface area contributed by atoms with Crippen molar-refractivity contribution in [3.8, 4) is 0 Å². The number of amides is 1. The molecule has 0 saturated carbocycles. The van der Waals surface area contributed by atoms with Crippen LogP contribution in [0.1, 0.15) is 18.4 Å². The maximum atomic E-state index is 12.6. The predicted molar refractivity (Wildman–Crippen MR) is 71.8 cm³/mol. The van der Waals surface area contributed by atoms with E-state index in [1.165, 1.54) is 12.1 Å². The highest BCUT2D eigenvalue weighted by Crippen LogP contribution is 2.30. The van der Waals surface area contributed by atoms with Crippen LogP contribution in [0.3, 0.4) is 0 Å². The first-order valence-electron chi connectivity index (χ1n) is 6.72. The van der Waals surface area contributed by atoms with Crippen LogP contribution in [0, 0.1) is 0 Å². The molecule has 1 aromatic carbocycles. The number of piperidine rings is 1. The van der Waals surface area contributed by atoms with Gasteiger partial charge in [0.05, 0.1) is 18.2 Å². The Kier molecular flexibility index (Phi) is 4.84. The second-order valence-electron chi connectivity index (χ2n) is 5.13. The lowest BCUT2D eigenvalue weighted by Crippen LogP contribution is -2.40. The molecule has 1 fully saturated rings. The van der Waals surface area contributed by atoms with Gasteiger partial charge in [0.1, 0.15) is 0 Å². The highest BCUT2D eigenvalue weighted by atomic mass is 19.4. The van der Waals surface area contributed by atoms with E-state index in [4.69, 9.17) is 0 Å². The number of halogens is 3. The lowest BCUT2D eigenvalue weighted by Gasteiger charge is -2.28. The van der Waals surface area contributed by atoms with Crippen molar-refractivity contribution in [1.82, 2.24) is 4.90 Å². The Labute approximate surface area is 120 Å². The number of anilines is 1.